The number of carbonyl (C=O) groups excluding carboxylic acids is 1. The molecule has 4 aromatic rings. The van der Waals surface area contributed by atoms with Gasteiger partial charge in [0.25, 0.3) is 5.56 Å². The van der Waals surface area contributed by atoms with Crippen LogP contribution in [-0.4, -0.2) is 15.3 Å². The molecular formula is C24H19ClN2O2S. The molecule has 0 radical (unpaired) electrons. The van der Waals surface area contributed by atoms with Gasteiger partial charge in [0.1, 0.15) is 0 Å². The molecule has 0 N–H and O–H groups in total. The third kappa shape index (κ3) is 4.04. The van der Waals surface area contributed by atoms with Crippen molar-refractivity contribution in [2.45, 2.75) is 17.8 Å². The van der Waals surface area contributed by atoms with Crippen LogP contribution < -0.4 is 5.56 Å². The molecule has 0 spiro atoms. The summed E-state index contributed by atoms with van der Waals surface area (Å²) in [4.78, 5) is 30.2. The van der Waals surface area contributed by atoms with E-state index in [-0.39, 0.29) is 11.3 Å². The van der Waals surface area contributed by atoms with Crippen LogP contribution in [0.15, 0.2) is 76.7 Å². The van der Waals surface area contributed by atoms with Crippen LogP contribution in [-0.2, 0) is 12.8 Å². The molecule has 0 aliphatic carbocycles. The summed E-state index contributed by atoms with van der Waals surface area (Å²) >= 11 is 7.39. The number of aryl methyl sites for hydroxylation is 1. The number of hydrogen-bond acceptors (Lipinski definition) is 4. The van der Waals surface area contributed by atoms with Crippen LogP contribution in [0.1, 0.15) is 27.0 Å². The fourth-order valence-electron chi connectivity index (χ4n) is 3.30. The molecule has 4 nitrogen and oxygen atoms in total. The fraction of sp³-hybridized carbons (Fsp3) is 0.125. The van der Waals surface area contributed by atoms with Crippen LogP contribution in [0.25, 0.3) is 10.9 Å². The summed E-state index contributed by atoms with van der Waals surface area (Å²) in [6.45, 7) is 1.92. The maximum Gasteiger partial charge on any atom is 0.262 e. The summed E-state index contributed by atoms with van der Waals surface area (Å²) in [5.74, 6) is 0.546. The highest BCUT2D eigenvalue weighted by Crippen LogP contribution is 2.23. The number of aromatic nitrogens is 2. The number of carbonyl (C=O) groups is 1. The molecule has 0 unspecified atom stereocenters. The minimum Gasteiger partial charge on any atom is -0.290 e. The summed E-state index contributed by atoms with van der Waals surface area (Å²) < 4.78 is 1.59. The van der Waals surface area contributed by atoms with Crippen LogP contribution in [0.2, 0.25) is 5.02 Å². The Morgan fingerprint density at radius 2 is 1.77 bits per heavy atom. The topological polar surface area (TPSA) is 52.0 Å². The number of thioether (sulfide) groups is 1. The number of nitrogens with zero attached hydrogens (tertiary/aromatic N) is 2. The first-order valence-corrected chi connectivity index (χ1v) is 10.8. The summed E-state index contributed by atoms with van der Waals surface area (Å²) in [6.07, 6.45) is 0. The number of hydrogen-bond donors (Lipinski definition) is 0. The highest BCUT2D eigenvalue weighted by molar-refractivity contribution is 7.98. The molecule has 0 saturated carbocycles. The van der Waals surface area contributed by atoms with E-state index in [4.69, 9.17) is 11.6 Å². The largest absolute Gasteiger partial charge is 0.290 e. The van der Waals surface area contributed by atoms with Crippen molar-refractivity contribution in [3.05, 3.63) is 104 Å². The third-order valence-corrected chi connectivity index (χ3v) is 6.29. The lowest BCUT2D eigenvalue weighted by Crippen LogP contribution is -2.20. The van der Waals surface area contributed by atoms with E-state index in [0.717, 1.165) is 11.1 Å². The van der Waals surface area contributed by atoms with E-state index in [1.165, 1.54) is 11.8 Å². The molecule has 0 fully saturated rings. The van der Waals surface area contributed by atoms with Gasteiger partial charge in [-0.05, 0) is 54.4 Å². The Balaban J connectivity index is 1.58. The smallest absolute Gasteiger partial charge is 0.262 e. The van der Waals surface area contributed by atoms with Gasteiger partial charge >= 0.3 is 0 Å². The predicted octanol–water partition coefficient (Wildman–Crippen LogP) is 5.42. The van der Waals surface area contributed by atoms with Gasteiger partial charge in [0.2, 0.25) is 0 Å². The quantitative estimate of drug-likeness (QED) is 0.239. The minimum atomic E-state index is -0.0507. The van der Waals surface area contributed by atoms with Crippen LogP contribution in [0, 0.1) is 6.92 Å². The molecule has 0 amide bonds. The normalized spacial score (nSPS) is 11.0. The molecule has 1 heterocycles. The predicted molar refractivity (Wildman–Crippen MR) is 123 cm³/mol. The maximum atomic E-state index is 12.8. The van der Waals surface area contributed by atoms with Crippen molar-refractivity contribution >= 4 is 40.0 Å². The van der Waals surface area contributed by atoms with Gasteiger partial charge in [-0.3, -0.25) is 14.2 Å². The zero-order valence-corrected chi connectivity index (χ0v) is 18.1. The number of fused-ring (bicyclic) bond motifs is 1. The highest BCUT2D eigenvalue weighted by atomic mass is 35.5. The lowest BCUT2D eigenvalue weighted by atomic mass is 10.0. The van der Waals surface area contributed by atoms with Gasteiger partial charge in [-0.25, -0.2) is 4.98 Å². The number of ketones is 1. The SMILES string of the molecule is Cc1cccc2nc(SCc3cccc(C(=O)c4ccc(Cl)cc4)c3)n(C)c(=O)c12. The zero-order valence-electron chi connectivity index (χ0n) is 16.6. The molecule has 0 atom stereocenters. The van der Waals surface area contributed by atoms with E-state index >= 15 is 0 Å². The Labute approximate surface area is 183 Å². The second-order valence-electron chi connectivity index (χ2n) is 7.05. The second kappa shape index (κ2) is 8.46. The molecule has 150 valence electrons. The Hall–Kier alpha value is -2.89. The number of benzene rings is 3. The zero-order chi connectivity index (χ0) is 21.3. The molecule has 0 aliphatic heterocycles. The summed E-state index contributed by atoms with van der Waals surface area (Å²) in [7, 11) is 1.74. The Morgan fingerprint density at radius 3 is 2.53 bits per heavy atom. The molecule has 4 rings (SSSR count). The van der Waals surface area contributed by atoms with Gasteiger partial charge in [0.15, 0.2) is 10.9 Å². The van der Waals surface area contributed by atoms with Crippen molar-refractivity contribution in [2.24, 2.45) is 7.05 Å². The first-order valence-electron chi connectivity index (χ1n) is 9.42. The van der Waals surface area contributed by atoms with Crippen molar-refractivity contribution in [1.82, 2.24) is 9.55 Å². The second-order valence-corrected chi connectivity index (χ2v) is 8.43. The van der Waals surface area contributed by atoms with E-state index < -0.39 is 0 Å². The molecule has 3 aromatic carbocycles. The summed E-state index contributed by atoms with van der Waals surface area (Å²) in [5, 5.41) is 1.90. The monoisotopic (exact) mass is 434 g/mol. The van der Waals surface area contributed by atoms with Gasteiger partial charge in [0, 0.05) is 29.0 Å². The van der Waals surface area contributed by atoms with Gasteiger partial charge < -0.3 is 0 Å². The highest BCUT2D eigenvalue weighted by Gasteiger charge is 2.12. The lowest BCUT2D eigenvalue weighted by molar-refractivity contribution is 0.103. The van der Waals surface area contributed by atoms with E-state index in [0.29, 0.717) is 38.0 Å². The number of rotatable bonds is 5. The first-order chi connectivity index (χ1) is 14.4. The fourth-order valence-corrected chi connectivity index (χ4v) is 4.34. The van der Waals surface area contributed by atoms with E-state index in [1.807, 2.05) is 43.3 Å². The average molecular weight is 435 g/mol. The summed E-state index contributed by atoms with van der Waals surface area (Å²) in [5.41, 5.74) is 3.77. The molecule has 6 heteroatoms. The maximum absolute atomic E-state index is 12.8. The third-order valence-electron chi connectivity index (χ3n) is 4.94. The van der Waals surface area contributed by atoms with Crippen LogP contribution in [0.4, 0.5) is 0 Å². The summed E-state index contributed by atoms with van der Waals surface area (Å²) in [6, 6.07) is 20.1. The van der Waals surface area contributed by atoms with Crippen LogP contribution >= 0.6 is 23.4 Å². The van der Waals surface area contributed by atoms with Crippen LogP contribution in [0.3, 0.4) is 0 Å². The average Bonchev–Trinajstić information content (AvgIpc) is 2.75. The van der Waals surface area contributed by atoms with Gasteiger partial charge in [0.05, 0.1) is 10.9 Å². The Kier molecular flexibility index (Phi) is 5.75. The Morgan fingerprint density at radius 1 is 1.03 bits per heavy atom. The molecule has 0 aliphatic rings. The van der Waals surface area contributed by atoms with Crippen molar-refractivity contribution in [3.8, 4) is 0 Å². The van der Waals surface area contributed by atoms with E-state index in [1.54, 1.807) is 41.9 Å². The van der Waals surface area contributed by atoms with Gasteiger partial charge in [-0.2, -0.15) is 0 Å². The first kappa shape index (κ1) is 20.4. The van der Waals surface area contributed by atoms with E-state index in [2.05, 4.69) is 4.98 Å². The van der Waals surface area contributed by atoms with Crippen molar-refractivity contribution in [3.63, 3.8) is 0 Å². The molecule has 0 bridgehead atoms. The Bertz CT molecular complexity index is 1310. The standard InChI is InChI=1S/C24H19ClN2O2S/c1-15-5-3-8-20-21(15)23(29)27(2)24(26-20)30-14-16-6-4-7-18(13-16)22(28)17-9-11-19(25)12-10-17/h3-13H,14H2,1-2H3. The van der Waals surface area contributed by atoms with Gasteiger partial charge in [-0.15, -0.1) is 0 Å². The van der Waals surface area contributed by atoms with Crippen LogP contribution in [0.5, 0.6) is 0 Å². The molecular weight excluding hydrogens is 416 g/mol. The molecule has 30 heavy (non-hydrogen) atoms. The molecule has 0 saturated heterocycles. The number of halogens is 1. The molecule has 1 aromatic heterocycles. The lowest BCUT2D eigenvalue weighted by Gasteiger charge is -2.10. The van der Waals surface area contributed by atoms with E-state index in [9.17, 15) is 9.59 Å². The minimum absolute atomic E-state index is 0.0488. The van der Waals surface area contributed by atoms with Crippen molar-refractivity contribution in [1.29, 1.82) is 0 Å². The van der Waals surface area contributed by atoms with Crippen molar-refractivity contribution < 1.29 is 4.79 Å². The van der Waals surface area contributed by atoms with Gasteiger partial charge in [-0.1, -0.05) is 53.7 Å². The van der Waals surface area contributed by atoms with Crippen molar-refractivity contribution in [2.75, 3.05) is 0 Å².